The molecule has 0 aromatic carbocycles. The van der Waals surface area contributed by atoms with E-state index in [9.17, 15) is 4.79 Å². The first-order chi connectivity index (χ1) is 6.77. The van der Waals surface area contributed by atoms with Gasteiger partial charge in [0.05, 0.1) is 16.8 Å². The molecule has 2 aromatic rings. The normalized spacial score (nSPS) is 18.6. The molecule has 0 atom stereocenters. The summed E-state index contributed by atoms with van der Waals surface area (Å²) in [5.41, 5.74) is 1.88. The molecule has 2 aromatic heterocycles. The van der Waals surface area contributed by atoms with E-state index in [0.29, 0.717) is 0 Å². The second-order valence-corrected chi connectivity index (χ2v) is 4.75. The van der Waals surface area contributed by atoms with Crippen LogP contribution in [0.2, 0.25) is 0 Å². The van der Waals surface area contributed by atoms with Crippen molar-refractivity contribution in [2.24, 2.45) is 0 Å². The molecule has 0 amide bonds. The van der Waals surface area contributed by atoms with Crippen molar-refractivity contribution in [2.75, 3.05) is 0 Å². The second-order valence-electron chi connectivity index (χ2n) is 3.88. The number of hydrogen-bond donors (Lipinski definition) is 0. The minimum Gasteiger partial charge on any atom is -0.302 e. The van der Waals surface area contributed by atoms with Crippen LogP contribution in [-0.4, -0.2) is 15.7 Å². The van der Waals surface area contributed by atoms with Crippen LogP contribution >= 0.6 is 11.3 Å². The van der Waals surface area contributed by atoms with E-state index in [4.69, 9.17) is 0 Å². The lowest BCUT2D eigenvalue weighted by molar-refractivity contribution is -0.110. The molecule has 14 heavy (non-hydrogen) atoms. The lowest BCUT2D eigenvalue weighted by Crippen LogP contribution is -2.12. The van der Waals surface area contributed by atoms with Crippen molar-refractivity contribution < 1.29 is 4.79 Å². The molecular weight excluding hydrogens is 196 g/mol. The Morgan fingerprint density at radius 3 is 3.07 bits per heavy atom. The van der Waals surface area contributed by atoms with E-state index >= 15 is 0 Å². The van der Waals surface area contributed by atoms with Crippen LogP contribution in [-0.2, 0) is 10.2 Å². The van der Waals surface area contributed by atoms with E-state index in [1.54, 1.807) is 11.3 Å². The third-order valence-electron chi connectivity index (χ3n) is 2.92. The molecule has 0 spiro atoms. The zero-order valence-corrected chi connectivity index (χ0v) is 8.67. The second kappa shape index (κ2) is 2.45. The summed E-state index contributed by atoms with van der Waals surface area (Å²) in [5, 5.41) is 2.01. The molecule has 1 saturated carbocycles. The van der Waals surface area contributed by atoms with Gasteiger partial charge in [-0.05, 0) is 19.8 Å². The topological polar surface area (TPSA) is 34.4 Å². The SMILES string of the molecule is Cc1nc2sccn2c1C1(C=O)CC1. The third-order valence-corrected chi connectivity index (χ3v) is 3.68. The average molecular weight is 206 g/mol. The summed E-state index contributed by atoms with van der Waals surface area (Å²) in [7, 11) is 0. The average Bonchev–Trinajstić information content (AvgIpc) is 2.71. The Hall–Kier alpha value is -1.16. The molecule has 0 saturated heterocycles. The number of carbonyl (C=O) groups is 1. The maximum absolute atomic E-state index is 11.1. The summed E-state index contributed by atoms with van der Waals surface area (Å²) in [5.74, 6) is 0. The molecule has 0 bridgehead atoms. The maximum Gasteiger partial charge on any atom is 0.194 e. The molecule has 3 nitrogen and oxygen atoms in total. The zero-order chi connectivity index (χ0) is 9.76. The van der Waals surface area contributed by atoms with E-state index in [2.05, 4.69) is 9.38 Å². The van der Waals surface area contributed by atoms with Crippen molar-refractivity contribution in [3.63, 3.8) is 0 Å². The largest absolute Gasteiger partial charge is 0.302 e. The van der Waals surface area contributed by atoms with Gasteiger partial charge in [-0.2, -0.15) is 0 Å². The lowest BCUT2D eigenvalue weighted by Gasteiger charge is -2.06. The molecule has 0 radical (unpaired) electrons. The van der Waals surface area contributed by atoms with Crippen LogP contribution in [0.3, 0.4) is 0 Å². The van der Waals surface area contributed by atoms with Crippen molar-refractivity contribution in [2.45, 2.75) is 25.2 Å². The molecule has 4 heteroatoms. The van der Waals surface area contributed by atoms with Gasteiger partial charge in [-0.3, -0.25) is 4.40 Å². The summed E-state index contributed by atoms with van der Waals surface area (Å²) in [6.07, 6.45) is 5.03. The van der Waals surface area contributed by atoms with Crippen LogP contribution in [0.5, 0.6) is 0 Å². The van der Waals surface area contributed by atoms with Gasteiger partial charge in [0.1, 0.15) is 6.29 Å². The van der Waals surface area contributed by atoms with Gasteiger partial charge >= 0.3 is 0 Å². The Morgan fingerprint density at radius 1 is 1.64 bits per heavy atom. The number of rotatable bonds is 2. The molecule has 0 N–H and O–H groups in total. The van der Waals surface area contributed by atoms with Gasteiger partial charge in [0, 0.05) is 11.6 Å². The van der Waals surface area contributed by atoms with Crippen LogP contribution < -0.4 is 0 Å². The number of carbonyl (C=O) groups excluding carboxylic acids is 1. The van der Waals surface area contributed by atoms with Gasteiger partial charge in [0.25, 0.3) is 0 Å². The minimum absolute atomic E-state index is 0.218. The number of nitrogens with zero attached hydrogens (tertiary/aromatic N) is 2. The minimum atomic E-state index is -0.218. The molecule has 1 aliphatic carbocycles. The predicted octanol–water partition coefficient (Wildman–Crippen LogP) is 1.93. The van der Waals surface area contributed by atoms with Gasteiger partial charge in [0.15, 0.2) is 4.96 Å². The summed E-state index contributed by atoms with van der Waals surface area (Å²) in [4.78, 5) is 16.5. The molecule has 0 aliphatic heterocycles. The maximum atomic E-state index is 11.1. The quantitative estimate of drug-likeness (QED) is 0.704. The first-order valence-corrected chi connectivity index (χ1v) is 5.54. The van der Waals surface area contributed by atoms with Crippen molar-refractivity contribution in [3.05, 3.63) is 23.0 Å². The highest BCUT2D eigenvalue weighted by molar-refractivity contribution is 7.15. The number of thiazole rings is 1. The predicted molar refractivity (Wildman–Crippen MR) is 54.8 cm³/mol. The van der Waals surface area contributed by atoms with Gasteiger partial charge in [-0.1, -0.05) is 0 Å². The van der Waals surface area contributed by atoms with Crippen LogP contribution in [0, 0.1) is 6.92 Å². The van der Waals surface area contributed by atoms with Crippen LogP contribution in [0.15, 0.2) is 11.6 Å². The number of aryl methyl sites for hydroxylation is 1. The Kier molecular flexibility index (Phi) is 1.43. The summed E-state index contributed by atoms with van der Waals surface area (Å²) in [6, 6.07) is 0. The fourth-order valence-electron chi connectivity index (χ4n) is 2.04. The van der Waals surface area contributed by atoms with E-state index in [1.165, 1.54) is 0 Å². The highest BCUT2D eigenvalue weighted by Crippen LogP contribution is 2.47. The Morgan fingerprint density at radius 2 is 2.43 bits per heavy atom. The number of aldehydes is 1. The third kappa shape index (κ3) is 0.865. The van der Waals surface area contributed by atoms with E-state index in [0.717, 1.165) is 35.5 Å². The molecule has 3 rings (SSSR count). The molecule has 2 heterocycles. The highest BCUT2D eigenvalue weighted by atomic mass is 32.1. The monoisotopic (exact) mass is 206 g/mol. The van der Waals surface area contributed by atoms with Crippen LogP contribution in [0.4, 0.5) is 0 Å². The van der Waals surface area contributed by atoms with Gasteiger partial charge in [-0.25, -0.2) is 4.98 Å². The summed E-state index contributed by atoms with van der Waals surface area (Å²) >= 11 is 1.61. The van der Waals surface area contributed by atoms with Crippen molar-refractivity contribution in [3.8, 4) is 0 Å². The number of aromatic nitrogens is 2. The van der Waals surface area contributed by atoms with Crippen molar-refractivity contribution >= 4 is 22.6 Å². The Balaban J connectivity index is 2.33. The Labute approximate surface area is 85.4 Å². The summed E-state index contributed by atoms with van der Waals surface area (Å²) in [6.45, 7) is 1.98. The van der Waals surface area contributed by atoms with E-state index < -0.39 is 0 Å². The van der Waals surface area contributed by atoms with E-state index in [-0.39, 0.29) is 5.41 Å². The van der Waals surface area contributed by atoms with Crippen LogP contribution in [0.25, 0.3) is 4.96 Å². The first kappa shape index (κ1) is 8.17. The number of imidazole rings is 1. The van der Waals surface area contributed by atoms with Gasteiger partial charge < -0.3 is 4.79 Å². The zero-order valence-electron chi connectivity index (χ0n) is 7.86. The molecular formula is C10H10N2OS. The number of hydrogen-bond acceptors (Lipinski definition) is 3. The van der Waals surface area contributed by atoms with Gasteiger partial charge in [0.2, 0.25) is 0 Å². The van der Waals surface area contributed by atoms with Gasteiger partial charge in [-0.15, -0.1) is 11.3 Å². The fourth-order valence-corrected chi connectivity index (χ4v) is 2.80. The molecule has 1 aliphatic rings. The fraction of sp³-hybridized carbons (Fsp3) is 0.400. The molecule has 1 fully saturated rings. The van der Waals surface area contributed by atoms with Crippen LogP contribution in [0.1, 0.15) is 24.2 Å². The van der Waals surface area contributed by atoms with Crippen molar-refractivity contribution in [1.29, 1.82) is 0 Å². The first-order valence-electron chi connectivity index (χ1n) is 4.66. The molecule has 0 unspecified atom stereocenters. The van der Waals surface area contributed by atoms with Crippen molar-refractivity contribution in [1.82, 2.24) is 9.38 Å². The van der Waals surface area contributed by atoms with E-state index in [1.807, 2.05) is 18.5 Å². The molecule has 72 valence electrons. The highest BCUT2D eigenvalue weighted by Gasteiger charge is 2.47. The summed E-state index contributed by atoms with van der Waals surface area (Å²) < 4.78 is 2.06. The smallest absolute Gasteiger partial charge is 0.194 e. The lowest BCUT2D eigenvalue weighted by atomic mass is 10.0. The standard InChI is InChI=1S/C10H10N2OS/c1-7-8(10(6-13)2-3-10)12-4-5-14-9(12)11-7/h4-6H,2-3H2,1H3. The number of fused-ring (bicyclic) bond motifs is 1. The Bertz CT molecular complexity index is 507.